The first-order valence-electron chi connectivity index (χ1n) is 7.70. The fourth-order valence-corrected chi connectivity index (χ4v) is 3.71. The molecule has 0 spiro atoms. The summed E-state index contributed by atoms with van der Waals surface area (Å²) in [7, 11) is 5.97. The van der Waals surface area contributed by atoms with E-state index in [1.54, 1.807) is 6.07 Å². The van der Waals surface area contributed by atoms with Crippen LogP contribution < -0.4 is 5.32 Å². The predicted molar refractivity (Wildman–Crippen MR) is 82.2 cm³/mol. The van der Waals surface area contributed by atoms with E-state index in [-0.39, 0.29) is 11.6 Å². The van der Waals surface area contributed by atoms with Crippen molar-refractivity contribution in [1.82, 2.24) is 10.2 Å². The van der Waals surface area contributed by atoms with Gasteiger partial charge >= 0.3 is 0 Å². The molecule has 0 saturated heterocycles. The van der Waals surface area contributed by atoms with Crippen LogP contribution in [0.25, 0.3) is 0 Å². The Bertz CT molecular complexity index is 480. The lowest BCUT2D eigenvalue weighted by Crippen LogP contribution is -2.55. The summed E-state index contributed by atoms with van der Waals surface area (Å²) in [5, 5.41) is 3.28. The van der Waals surface area contributed by atoms with Gasteiger partial charge in [0.05, 0.1) is 6.04 Å². The highest BCUT2D eigenvalue weighted by Crippen LogP contribution is 2.44. The minimum atomic E-state index is -0.526. The highest BCUT2D eigenvalue weighted by Gasteiger charge is 2.44. The maximum absolute atomic E-state index is 14.3. The molecule has 21 heavy (non-hydrogen) atoms. The third-order valence-electron chi connectivity index (χ3n) is 5.13. The Kier molecular flexibility index (Phi) is 4.99. The van der Waals surface area contributed by atoms with Crippen LogP contribution in [-0.2, 0) is 0 Å². The zero-order valence-corrected chi connectivity index (χ0v) is 13.4. The van der Waals surface area contributed by atoms with Gasteiger partial charge in [0.2, 0.25) is 0 Å². The molecule has 118 valence electrons. The minimum Gasteiger partial charge on any atom is -0.311 e. The molecular weight excluding hydrogens is 270 g/mol. The molecule has 1 saturated carbocycles. The SMILES string of the molecule is CNC(c1ccc(F)cc1F)C1(N(C)C)CCC(C)CC1. The second-order valence-electron chi connectivity index (χ2n) is 6.57. The average Bonchev–Trinajstić information content (AvgIpc) is 2.43. The highest BCUT2D eigenvalue weighted by molar-refractivity contribution is 5.26. The van der Waals surface area contributed by atoms with Gasteiger partial charge in [0.15, 0.2) is 0 Å². The molecule has 0 radical (unpaired) electrons. The second kappa shape index (κ2) is 6.41. The van der Waals surface area contributed by atoms with Crippen LogP contribution in [0, 0.1) is 17.6 Å². The Balaban J connectivity index is 2.41. The molecule has 1 atom stereocenters. The molecule has 0 amide bonds. The minimum absolute atomic E-state index is 0.125. The molecule has 1 aliphatic rings. The highest BCUT2D eigenvalue weighted by atomic mass is 19.1. The summed E-state index contributed by atoms with van der Waals surface area (Å²) >= 11 is 0. The number of hydrogen-bond donors (Lipinski definition) is 1. The van der Waals surface area contributed by atoms with E-state index in [0.717, 1.165) is 31.7 Å². The van der Waals surface area contributed by atoms with E-state index in [1.165, 1.54) is 6.07 Å². The van der Waals surface area contributed by atoms with Crippen molar-refractivity contribution in [2.75, 3.05) is 21.1 Å². The first kappa shape index (κ1) is 16.4. The van der Waals surface area contributed by atoms with E-state index in [4.69, 9.17) is 0 Å². The van der Waals surface area contributed by atoms with E-state index in [1.807, 2.05) is 7.05 Å². The summed E-state index contributed by atoms with van der Waals surface area (Å²) in [6.45, 7) is 2.27. The van der Waals surface area contributed by atoms with E-state index in [9.17, 15) is 8.78 Å². The number of nitrogens with zero attached hydrogens (tertiary/aromatic N) is 1. The topological polar surface area (TPSA) is 15.3 Å². The third kappa shape index (κ3) is 3.11. The number of halogens is 2. The van der Waals surface area contributed by atoms with Crippen LogP contribution in [0.3, 0.4) is 0 Å². The smallest absolute Gasteiger partial charge is 0.130 e. The molecule has 1 unspecified atom stereocenters. The summed E-state index contributed by atoms with van der Waals surface area (Å²) in [6, 6.07) is 3.77. The lowest BCUT2D eigenvalue weighted by Gasteiger charge is -2.50. The molecule has 0 heterocycles. The molecule has 1 aromatic carbocycles. The first-order chi connectivity index (χ1) is 9.90. The van der Waals surface area contributed by atoms with E-state index in [0.29, 0.717) is 11.5 Å². The van der Waals surface area contributed by atoms with Crippen molar-refractivity contribution in [1.29, 1.82) is 0 Å². The van der Waals surface area contributed by atoms with Gasteiger partial charge < -0.3 is 10.2 Å². The molecule has 0 aliphatic heterocycles. The summed E-state index contributed by atoms with van der Waals surface area (Å²) in [4.78, 5) is 2.21. The predicted octanol–water partition coefficient (Wildman–Crippen LogP) is 3.74. The van der Waals surface area contributed by atoms with Crippen LogP contribution >= 0.6 is 0 Å². The first-order valence-corrected chi connectivity index (χ1v) is 7.70. The molecule has 2 rings (SSSR count). The fourth-order valence-electron chi connectivity index (χ4n) is 3.71. The molecule has 0 aromatic heterocycles. The molecule has 4 heteroatoms. The van der Waals surface area contributed by atoms with Gasteiger partial charge in [-0.3, -0.25) is 0 Å². The number of likely N-dealkylation sites (N-methyl/N-ethyl adjacent to an activating group) is 2. The molecular formula is C17H26F2N2. The number of nitrogens with one attached hydrogen (secondary N) is 1. The molecule has 1 aliphatic carbocycles. The van der Waals surface area contributed by atoms with Crippen molar-refractivity contribution in [3.05, 3.63) is 35.4 Å². The van der Waals surface area contributed by atoms with Gasteiger partial charge in [0, 0.05) is 17.2 Å². The van der Waals surface area contributed by atoms with Crippen molar-refractivity contribution in [2.45, 2.75) is 44.2 Å². The van der Waals surface area contributed by atoms with Gasteiger partial charge in [-0.05, 0) is 58.8 Å². The van der Waals surface area contributed by atoms with Crippen LogP contribution in [0.1, 0.15) is 44.2 Å². The zero-order chi connectivity index (χ0) is 15.6. The second-order valence-corrected chi connectivity index (χ2v) is 6.57. The van der Waals surface area contributed by atoms with Crippen molar-refractivity contribution in [2.24, 2.45) is 5.92 Å². The Labute approximate surface area is 126 Å². The summed E-state index contributed by atoms with van der Waals surface area (Å²) in [5.74, 6) is -0.273. The fraction of sp³-hybridized carbons (Fsp3) is 0.647. The maximum atomic E-state index is 14.3. The van der Waals surface area contributed by atoms with Crippen LogP contribution in [0.4, 0.5) is 8.78 Å². The number of benzene rings is 1. The maximum Gasteiger partial charge on any atom is 0.130 e. The van der Waals surface area contributed by atoms with Gasteiger partial charge in [0.1, 0.15) is 11.6 Å². The Morgan fingerprint density at radius 2 is 1.86 bits per heavy atom. The van der Waals surface area contributed by atoms with Crippen molar-refractivity contribution < 1.29 is 8.78 Å². The van der Waals surface area contributed by atoms with E-state index >= 15 is 0 Å². The van der Waals surface area contributed by atoms with Crippen LogP contribution in [0.5, 0.6) is 0 Å². The van der Waals surface area contributed by atoms with E-state index in [2.05, 4.69) is 31.2 Å². The van der Waals surface area contributed by atoms with Gasteiger partial charge in [0.25, 0.3) is 0 Å². The van der Waals surface area contributed by atoms with Crippen LogP contribution in [0.2, 0.25) is 0 Å². The summed E-state index contributed by atoms with van der Waals surface area (Å²) in [5.41, 5.74) is 0.432. The Morgan fingerprint density at radius 3 is 2.33 bits per heavy atom. The number of rotatable bonds is 4. The Hall–Kier alpha value is -1.00. The molecule has 0 bridgehead atoms. The Morgan fingerprint density at radius 1 is 1.24 bits per heavy atom. The van der Waals surface area contributed by atoms with Crippen LogP contribution in [0.15, 0.2) is 18.2 Å². The van der Waals surface area contributed by atoms with Gasteiger partial charge in [-0.25, -0.2) is 8.78 Å². The molecule has 2 nitrogen and oxygen atoms in total. The quantitative estimate of drug-likeness (QED) is 0.910. The molecule has 1 aromatic rings. The summed E-state index contributed by atoms with van der Waals surface area (Å²) < 4.78 is 27.4. The number of hydrogen-bond acceptors (Lipinski definition) is 2. The summed E-state index contributed by atoms with van der Waals surface area (Å²) in [6.07, 6.45) is 4.31. The third-order valence-corrected chi connectivity index (χ3v) is 5.13. The normalized spacial score (nSPS) is 27.9. The van der Waals surface area contributed by atoms with E-state index < -0.39 is 11.6 Å². The lowest BCUT2D eigenvalue weighted by molar-refractivity contribution is 0.0443. The zero-order valence-electron chi connectivity index (χ0n) is 13.4. The van der Waals surface area contributed by atoms with Crippen molar-refractivity contribution in [3.63, 3.8) is 0 Å². The molecule has 1 fully saturated rings. The molecule has 1 N–H and O–H groups in total. The van der Waals surface area contributed by atoms with Crippen molar-refractivity contribution in [3.8, 4) is 0 Å². The monoisotopic (exact) mass is 296 g/mol. The standard InChI is InChI=1S/C17H26F2N2/c1-12-7-9-17(10-8-12,21(3)4)16(20-2)14-6-5-13(18)11-15(14)19/h5-6,11-12,16,20H,7-10H2,1-4H3. The van der Waals surface area contributed by atoms with Gasteiger partial charge in [-0.2, -0.15) is 0 Å². The van der Waals surface area contributed by atoms with Gasteiger partial charge in [-0.1, -0.05) is 13.0 Å². The van der Waals surface area contributed by atoms with Crippen molar-refractivity contribution >= 4 is 0 Å². The largest absolute Gasteiger partial charge is 0.311 e. The van der Waals surface area contributed by atoms with Crippen LogP contribution in [-0.4, -0.2) is 31.6 Å². The lowest BCUT2D eigenvalue weighted by atomic mass is 9.70. The average molecular weight is 296 g/mol. The van der Waals surface area contributed by atoms with Gasteiger partial charge in [-0.15, -0.1) is 0 Å².